The van der Waals surface area contributed by atoms with E-state index in [1.807, 2.05) is 12.1 Å². The second-order valence-corrected chi connectivity index (χ2v) is 5.89. The van der Waals surface area contributed by atoms with Crippen molar-refractivity contribution < 1.29 is 4.74 Å². The third kappa shape index (κ3) is 2.52. The van der Waals surface area contributed by atoms with Crippen LogP contribution >= 0.6 is 15.9 Å². The van der Waals surface area contributed by atoms with Gasteiger partial charge in [0.2, 0.25) is 0 Å². The molecule has 5 heteroatoms. The molecule has 0 amide bonds. The number of aromatic amines is 1. The molecular formula is C14H15BrN2O2. The molecule has 1 aromatic heterocycles. The third-order valence-corrected chi connectivity index (χ3v) is 3.95. The van der Waals surface area contributed by atoms with Crippen LogP contribution in [0.3, 0.4) is 0 Å². The van der Waals surface area contributed by atoms with Crippen LogP contribution in [0.15, 0.2) is 21.4 Å². The number of ether oxygens (including phenoxy) is 1. The smallest absolute Gasteiger partial charge is 0.269 e. The maximum Gasteiger partial charge on any atom is 0.269 e. The lowest BCUT2D eigenvalue weighted by Gasteiger charge is -2.15. The van der Waals surface area contributed by atoms with E-state index in [1.54, 1.807) is 6.92 Å². The zero-order chi connectivity index (χ0) is 13.4. The first-order valence-corrected chi connectivity index (χ1v) is 7.29. The minimum atomic E-state index is -0.155. The highest BCUT2D eigenvalue weighted by atomic mass is 79.9. The zero-order valence-electron chi connectivity index (χ0n) is 10.7. The van der Waals surface area contributed by atoms with E-state index in [4.69, 9.17) is 4.74 Å². The van der Waals surface area contributed by atoms with Gasteiger partial charge in [0, 0.05) is 4.47 Å². The summed E-state index contributed by atoms with van der Waals surface area (Å²) in [6, 6.07) is 3.77. The molecule has 0 bridgehead atoms. The molecule has 0 aliphatic heterocycles. The molecule has 1 aromatic carbocycles. The third-order valence-electron chi connectivity index (χ3n) is 3.49. The molecule has 4 nitrogen and oxygen atoms in total. The highest BCUT2D eigenvalue weighted by molar-refractivity contribution is 9.10. The Balaban J connectivity index is 2.10. The maximum atomic E-state index is 11.6. The number of nitrogens with one attached hydrogen (secondary N) is 1. The van der Waals surface area contributed by atoms with Crippen molar-refractivity contribution in [3.63, 3.8) is 0 Å². The van der Waals surface area contributed by atoms with Crippen LogP contribution in [0.25, 0.3) is 11.0 Å². The maximum absolute atomic E-state index is 11.6. The summed E-state index contributed by atoms with van der Waals surface area (Å²) in [7, 11) is 0. The van der Waals surface area contributed by atoms with E-state index >= 15 is 0 Å². The van der Waals surface area contributed by atoms with Gasteiger partial charge in [0.25, 0.3) is 5.56 Å². The number of hydrogen-bond acceptors (Lipinski definition) is 3. The van der Waals surface area contributed by atoms with E-state index in [9.17, 15) is 4.79 Å². The van der Waals surface area contributed by atoms with Crippen molar-refractivity contribution in [2.45, 2.75) is 38.7 Å². The number of nitrogens with zero attached hydrogens (tertiary/aromatic N) is 1. The van der Waals surface area contributed by atoms with Crippen LogP contribution in [0.2, 0.25) is 0 Å². The van der Waals surface area contributed by atoms with Crippen molar-refractivity contribution in [1.82, 2.24) is 9.97 Å². The van der Waals surface area contributed by atoms with Gasteiger partial charge < -0.3 is 9.72 Å². The van der Waals surface area contributed by atoms with Crippen LogP contribution in [0.5, 0.6) is 5.75 Å². The summed E-state index contributed by atoms with van der Waals surface area (Å²) in [5, 5.41) is 0. The van der Waals surface area contributed by atoms with Gasteiger partial charge in [0.1, 0.15) is 17.0 Å². The molecule has 0 saturated heterocycles. The molecule has 0 unspecified atom stereocenters. The summed E-state index contributed by atoms with van der Waals surface area (Å²) < 4.78 is 6.93. The molecule has 19 heavy (non-hydrogen) atoms. The van der Waals surface area contributed by atoms with Gasteiger partial charge in [-0.2, -0.15) is 0 Å². The largest absolute Gasteiger partial charge is 0.488 e. The Kier molecular flexibility index (Phi) is 3.31. The number of aryl methyl sites for hydroxylation is 1. The van der Waals surface area contributed by atoms with Crippen molar-refractivity contribution in [3.8, 4) is 5.75 Å². The first kappa shape index (κ1) is 12.7. The van der Waals surface area contributed by atoms with Crippen molar-refractivity contribution >= 4 is 27.0 Å². The number of rotatable bonds is 2. The Hall–Kier alpha value is -1.36. The van der Waals surface area contributed by atoms with Gasteiger partial charge in [-0.05, 0) is 44.7 Å². The summed E-state index contributed by atoms with van der Waals surface area (Å²) in [6.07, 6.45) is 4.90. The summed E-state index contributed by atoms with van der Waals surface area (Å²) in [5.41, 5.74) is 1.74. The van der Waals surface area contributed by atoms with E-state index in [2.05, 4.69) is 25.9 Å². The quantitative estimate of drug-likeness (QED) is 0.922. The predicted molar refractivity (Wildman–Crippen MR) is 77.7 cm³/mol. The normalized spacial score (nSPS) is 16.1. The second-order valence-electron chi connectivity index (χ2n) is 4.98. The van der Waals surface area contributed by atoms with Gasteiger partial charge in [-0.1, -0.05) is 15.9 Å². The molecule has 1 fully saturated rings. The highest BCUT2D eigenvalue weighted by Crippen LogP contribution is 2.31. The van der Waals surface area contributed by atoms with Crippen molar-refractivity contribution in [3.05, 3.63) is 32.7 Å². The lowest BCUT2D eigenvalue weighted by molar-refractivity contribution is 0.212. The van der Waals surface area contributed by atoms with Gasteiger partial charge in [-0.3, -0.25) is 4.79 Å². The molecule has 1 N–H and O–H groups in total. The topological polar surface area (TPSA) is 55.0 Å². The summed E-state index contributed by atoms with van der Waals surface area (Å²) >= 11 is 3.45. The fourth-order valence-corrected chi connectivity index (χ4v) is 2.93. The van der Waals surface area contributed by atoms with E-state index in [0.29, 0.717) is 11.2 Å². The Bertz CT molecular complexity index is 675. The molecule has 1 aliphatic carbocycles. The molecule has 1 saturated carbocycles. The van der Waals surface area contributed by atoms with Crippen LogP contribution in [0, 0.1) is 6.92 Å². The van der Waals surface area contributed by atoms with E-state index in [0.717, 1.165) is 28.6 Å². The SMILES string of the molecule is Cc1nc2c(OC3CCCC3)cc(Br)cc2[nH]c1=O. The van der Waals surface area contributed by atoms with E-state index < -0.39 is 0 Å². The molecule has 0 atom stereocenters. The van der Waals surface area contributed by atoms with Crippen LogP contribution in [0.4, 0.5) is 0 Å². The minimum absolute atomic E-state index is 0.155. The van der Waals surface area contributed by atoms with Gasteiger partial charge in [0.05, 0.1) is 11.6 Å². The molecule has 2 aromatic rings. The first-order chi connectivity index (χ1) is 9.13. The number of fused-ring (bicyclic) bond motifs is 1. The van der Waals surface area contributed by atoms with Crippen LogP contribution in [0.1, 0.15) is 31.4 Å². The monoisotopic (exact) mass is 322 g/mol. The molecule has 0 radical (unpaired) electrons. The molecule has 0 spiro atoms. The number of halogens is 1. The number of aromatic nitrogens is 2. The molecule has 1 heterocycles. The van der Waals surface area contributed by atoms with Crippen molar-refractivity contribution in [1.29, 1.82) is 0 Å². The second kappa shape index (κ2) is 4.96. The summed E-state index contributed by atoms with van der Waals surface area (Å²) in [6.45, 7) is 1.71. The van der Waals surface area contributed by atoms with Crippen molar-refractivity contribution in [2.24, 2.45) is 0 Å². The highest BCUT2D eigenvalue weighted by Gasteiger charge is 2.18. The van der Waals surface area contributed by atoms with E-state index in [-0.39, 0.29) is 11.7 Å². The molecule has 1 aliphatic rings. The van der Waals surface area contributed by atoms with Gasteiger partial charge in [-0.25, -0.2) is 4.98 Å². The lowest BCUT2D eigenvalue weighted by atomic mass is 10.2. The number of benzene rings is 1. The Morgan fingerprint density at radius 3 is 2.84 bits per heavy atom. The predicted octanol–water partition coefficient (Wildman–Crippen LogP) is 3.32. The standard InChI is InChI=1S/C14H15BrN2O2/c1-8-14(18)17-11-6-9(15)7-12(13(11)16-8)19-10-4-2-3-5-10/h6-7,10H,2-5H2,1H3,(H,17,18). The Labute approximate surface area is 119 Å². The fourth-order valence-electron chi connectivity index (χ4n) is 2.49. The van der Waals surface area contributed by atoms with Gasteiger partial charge >= 0.3 is 0 Å². The Morgan fingerprint density at radius 1 is 1.37 bits per heavy atom. The van der Waals surface area contributed by atoms with Gasteiger partial charge in [-0.15, -0.1) is 0 Å². The minimum Gasteiger partial charge on any atom is -0.488 e. The van der Waals surface area contributed by atoms with Crippen LogP contribution < -0.4 is 10.3 Å². The first-order valence-electron chi connectivity index (χ1n) is 6.50. The number of hydrogen-bond donors (Lipinski definition) is 1. The fraction of sp³-hybridized carbons (Fsp3) is 0.429. The van der Waals surface area contributed by atoms with E-state index in [1.165, 1.54) is 12.8 Å². The Morgan fingerprint density at radius 2 is 2.11 bits per heavy atom. The average molecular weight is 323 g/mol. The summed E-state index contributed by atoms with van der Waals surface area (Å²) in [5.74, 6) is 0.746. The number of H-pyrrole nitrogens is 1. The molecule has 3 rings (SSSR count). The average Bonchev–Trinajstić information content (AvgIpc) is 2.84. The zero-order valence-corrected chi connectivity index (χ0v) is 12.3. The van der Waals surface area contributed by atoms with Crippen molar-refractivity contribution in [2.75, 3.05) is 0 Å². The molecular weight excluding hydrogens is 308 g/mol. The summed E-state index contributed by atoms with van der Waals surface area (Å²) in [4.78, 5) is 18.8. The molecule has 100 valence electrons. The van der Waals surface area contributed by atoms with Gasteiger partial charge in [0.15, 0.2) is 0 Å². The van der Waals surface area contributed by atoms with Crippen LogP contribution in [-0.4, -0.2) is 16.1 Å². The lowest BCUT2D eigenvalue weighted by Crippen LogP contribution is -2.14. The van der Waals surface area contributed by atoms with Crippen LogP contribution in [-0.2, 0) is 0 Å².